The number of aliphatic hydroxyl groups is 1. The van der Waals surface area contributed by atoms with Gasteiger partial charge in [0, 0.05) is 16.3 Å². The highest BCUT2D eigenvalue weighted by Crippen LogP contribution is 2.17. The normalized spacial score (nSPS) is 9.67. The van der Waals surface area contributed by atoms with Crippen LogP contribution >= 0.6 is 11.6 Å². The SMILES string of the molecule is O=C(Nc1cccc(C#CCO)c1)c1cc(Cl)ccc1F. The van der Waals surface area contributed by atoms with Crippen molar-refractivity contribution < 1.29 is 14.3 Å². The summed E-state index contributed by atoms with van der Waals surface area (Å²) in [5.41, 5.74) is 0.979. The minimum absolute atomic E-state index is 0.130. The van der Waals surface area contributed by atoms with Crippen molar-refractivity contribution in [3.8, 4) is 11.8 Å². The number of carbonyl (C=O) groups is 1. The Morgan fingerprint density at radius 1 is 1.29 bits per heavy atom. The predicted molar refractivity (Wildman–Crippen MR) is 79.8 cm³/mol. The second kappa shape index (κ2) is 6.89. The van der Waals surface area contributed by atoms with Gasteiger partial charge in [0.1, 0.15) is 12.4 Å². The van der Waals surface area contributed by atoms with Crippen molar-refractivity contribution in [2.24, 2.45) is 0 Å². The van der Waals surface area contributed by atoms with Crippen LogP contribution in [-0.4, -0.2) is 17.6 Å². The average molecular weight is 304 g/mol. The minimum Gasteiger partial charge on any atom is -0.384 e. The predicted octanol–water partition coefficient (Wildman–Crippen LogP) is 3.08. The van der Waals surface area contributed by atoms with Crippen LogP contribution in [0.15, 0.2) is 42.5 Å². The largest absolute Gasteiger partial charge is 0.384 e. The Balaban J connectivity index is 2.21. The summed E-state index contributed by atoms with van der Waals surface area (Å²) in [5.74, 6) is 3.99. The van der Waals surface area contributed by atoms with Crippen molar-refractivity contribution in [1.29, 1.82) is 0 Å². The van der Waals surface area contributed by atoms with Gasteiger partial charge in [0.15, 0.2) is 0 Å². The van der Waals surface area contributed by atoms with Crippen LogP contribution in [-0.2, 0) is 0 Å². The highest BCUT2D eigenvalue weighted by atomic mass is 35.5. The lowest BCUT2D eigenvalue weighted by Crippen LogP contribution is -2.13. The summed E-state index contributed by atoms with van der Waals surface area (Å²) >= 11 is 5.76. The molecule has 2 aromatic carbocycles. The van der Waals surface area contributed by atoms with Crippen LogP contribution in [0.5, 0.6) is 0 Å². The lowest BCUT2D eigenvalue weighted by molar-refractivity contribution is 0.102. The quantitative estimate of drug-likeness (QED) is 0.838. The maximum Gasteiger partial charge on any atom is 0.258 e. The lowest BCUT2D eigenvalue weighted by atomic mass is 10.1. The molecule has 106 valence electrons. The topological polar surface area (TPSA) is 49.3 Å². The van der Waals surface area contributed by atoms with Crippen molar-refractivity contribution in [2.45, 2.75) is 0 Å². The maximum atomic E-state index is 13.6. The molecule has 0 heterocycles. The fraction of sp³-hybridized carbons (Fsp3) is 0.0625. The summed E-state index contributed by atoms with van der Waals surface area (Å²) < 4.78 is 13.6. The molecule has 0 aliphatic rings. The van der Waals surface area contributed by atoms with Gasteiger partial charge in [-0.15, -0.1) is 0 Å². The molecule has 21 heavy (non-hydrogen) atoms. The van der Waals surface area contributed by atoms with Crippen molar-refractivity contribution >= 4 is 23.2 Å². The number of rotatable bonds is 2. The number of hydrogen-bond acceptors (Lipinski definition) is 2. The zero-order chi connectivity index (χ0) is 15.2. The molecule has 0 saturated heterocycles. The van der Waals surface area contributed by atoms with E-state index in [-0.39, 0.29) is 17.2 Å². The number of aliphatic hydroxyl groups excluding tert-OH is 1. The van der Waals surface area contributed by atoms with Crippen molar-refractivity contribution in [2.75, 3.05) is 11.9 Å². The molecule has 0 radical (unpaired) electrons. The van der Waals surface area contributed by atoms with Gasteiger partial charge in [-0.2, -0.15) is 0 Å². The van der Waals surface area contributed by atoms with Gasteiger partial charge in [-0.25, -0.2) is 4.39 Å². The fourth-order valence-corrected chi connectivity index (χ4v) is 1.86. The van der Waals surface area contributed by atoms with Crippen LogP contribution in [0.2, 0.25) is 5.02 Å². The van der Waals surface area contributed by atoms with Crippen molar-refractivity contribution in [3.63, 3.8) is 0 Å². The first-order valence-corrected chi connectivity index (χ1v) is 6.44. The summed E-state index contributed by atoms with van der Waals surface area (Å²) in [5, 5.41) is 11.5. The highest BCUT2D eigenvalue weighted by molar-refractivity contribution is 6.31. The first kappa shape index (κ1) is 15.0. The van der Waals surface area contributed by atoms with Gasteiger partial charge < -0.3 is 10.4 Å². The Morgan fingerprint density at radius 3 is 2.86 bits per heavy atom. The molecule has 1 amide bonds. The van der Waals surface area contributed by atoms with Gasteiger partial charge >= 0.3 is 0 Å². The molecule has 0 spiro atoms. The molecule has 2 aromatic rings. The third kappa shape index (κ3) is 4.06. The molecule has 0 atom stereocenters. The number of nitrogens with one attached hydrogen (secondary N) is 1. The van der Waals surface area contributed by atoms with Crippen LogP contribution in [0.25, 0.3) is 0 Å². The number of hydrogen-bond donors (Lipinski definition) is 2. The molecule has 0 aliphatic carbocycles. The first-order valence-electron chi connectivity index (χ1n) is 6.06. The van der Waals surface area contributed by atoms with E-state index >= 15 is 0 Å². The van der Waals surface area contributed by atoms with E-state index in [1.807, 2.05) is 0 Å². The summed E-state index contributed by atoms with van der Waals surface area (Å²) in [6.07, 6.45) is 0. The van der Waals surface area contributed by atoms with Crippen LogP contribution in [0, 0.1) is 17.7 Å². The molecule has 0 unspecified atom stereocenters. The van der Waals surface area contributed by atoms with Crippen LogP contribution in [0.3, 0.4) is 0 Å². The molecule has 3 nitrogen and oxygen atoms in total. The number of amides is 1. The Kier molecular flexibility index (Phi) is 4.94. The zero-order valence-electron chi connectivity index (χ0n) is 10.9. The Bertz CT molecular complexity index is 735. The smallest absolute Gasteiger partial charge is 0.258 e. The molecule has 2 rings (SSSR count). The van der Waals surface area contributed by atoms with Crippen LogP contribution in [0.1, 0.15) is 15.9 Å². The van der Waals surface area contributed by atoms with E-state index in [2.05, 4.69) is 17.2 Å². The summed E-state index contributed by atoms with van der Waals surface area (Å²) in [6.45, 7) is -0.246. The Morgan fingerprint density at radius 2 is 2.10 bits per heavy atom. The number of carbonyl (C=O) groups excluding carboxylic acids is 1. The van der Waals surface area contributed by atoms with Crippen molar-refractivity contribution in [3.05, 3.63) is 64.4 Å². The van der Waals surface area contributed by atoms with E-state index in [1.54, 1.807) is 24.3 Å². The van der Waals surface area contributed by atoms with Gasteiger partial charge in [0.2, 0.25) is 0 Å². The molecule has 0 fully saturated rings. The fourth-order valence-electron chi connectivity index (χ4n) is 1.69. The van der Waals surface area contributed by atoms with E-state index in [9.17, 15) is 9.18 Å². The van der Waals surface area contributed by atoms with Gasteiger partial charge in [-0.05, 0) is 36.4 Å². The molecule has 0 aliphatic heterocycles. The lowest BCUT2D eigenvalue weighted by Gasteiger charge is -2.07. The van der Waals surface area contributed by atoms with E-state index in [0.717, 1.165) is 6.07 Å². The molecule has 0 saturated carbocycles. The molecule has 0 aromatic heterocycles. The van der Waals surface area contributed by atoms with Gasteiger partial charge in [-0.1, -0.05) is 29.5 Å². The summed E-state index contributed by atoms with van der Waals surface area (Å²) in [7, 11) is 0. The summed E-state index contributed by atoms with van der Waals surface area (Å²) in [6, 6.07) is 10.5. The second-order valence-corrected chi connectivity index (χ2v) is 4.56. The third-order valence-electron chi connectivity index (χ3n) is 2.61. The number of halogens is 2. The van der Waals surface area contributed by atoms with Gasteiger partial charge in [-0.3, -0.25) is 4.79 Å². The molecular weight excluding hydrogens is 293 g/mol. The molecule has 2 N–H and O–H groups in total. The van der Waals surface area contributed by atoms with Crippen LogP contribution in [0.4, 0.5) is 10.1 Å². The molecule has 0 bridgehead atoms. The highest BCUT2D eigenvalue weighted by Gasteiger charge is 2.12. The molecule has 5 heteroatoms. The van der Waals surface area contributed by atoms with E-state index < -0.39 is 11.7 Å². The Labute approximate surface area is 126 Å². The standard InChI is InChI=1S/C16H11ClFNO2/c17-12-6-7-15(18)14(10-12)16(21)19-13-5-1-3-11(9-13)4-2-8-20/h1,3,5-7,9-10,20H,8H2,(H,19,21). The average Bonchev–Trinajstić information content (AvgIpc) is 2.48. The van der Waals surface area contributed by atoms with Crippen LogP contribution < -0.4 is 5.32 Å². The maximum absolute atomic E-state index is 13.6. The summed E-state index contributed by atoms with van der Waals surface area (Å²) in [4.78, 5) is 12.0. The second-order valence-electron chi connectivity index (χ2n) is 4.12. The zero-order valence-corrected chi connectivity index (χ0v) is 11.6. The minimum atomic E-state index is -0.645. The molecular formula is C16H11ClFNO2. The van der Waals surface area contributed by atoms with Gasteiger partial charge in [0.05, 0.1) is 5.56 Å². The van der Waals surface area contributed by atoms with E-state index in [0.29, 0.717) is 11.3 Å². The third-order valence-corrected chi connectivity index (χ3v) is 2.84. The Hall–Kier alpha value is -2.35. The monoisotopic (exact) mass is 303 g/mol. The van der Waals surface area contributed by atoms with Gasteiger partial charge in [0.25, 0.3) is 5.91 Å². The number of anilines is 1. The van der Waals surface area contributed by atoms with Crippen molar-refractivity contribution in [1.82, 2.24) is 0 Å². The van der Waals surface area contributed by atoms with E-state index in [1.165, 1.54) is 12.1 Å². The number of benzene rings is 2. The first-order chi connectivity index (χ1) is 10.1. The van der Waals surface area contributed by atoms with E-state index in [4.69, 9.17) is 16.7 Å².